The highest BCUT2D eigenvalue weighted by atomic mass is 16.5. The van der Waals surface area contributed by atoms with E-state index in [1.165, 1.54) is 94.6 Å². The summed E-state index contributed by atoms with van der Waals surface area (Å²) in [5, 5.41) is 3.35. The summed E-state index contributed by atoms with van der Waals surface area (Å²) in [5.41, 5.74) is 3.60. The molecule has 1 aliphatic heterocycles. The molecule has 0 atom stereocenters. The topological polar surface area (TPSA) is 51.2 Å². The molecule has 0 bridgehead atoms. The lowest BCUT2D eigenvalue weighted by Crippen LogP contribution is -2.25. The average Bonchev–Trinajstić information content (AvgIpc) is 3.20. The third-order valence-electron chi connectivity index (χ3n) is 7.27. The van der Waals surface area contributed by atoms with Gasteiger partial charge in [-0.2, -0.15) is 0 Å². The van der Waals surface area contributed by atoms with E-state index in [-0.39, 0.29) is 11.8 Å². The Balaban J connectivity index is 1.56. The molecule has 0 unspecified atom stereocenters. The highest BCUT2D eigenvalue weighted by molar-refractivity contribution is 5.93. The Labute approximate surface area is 176 Å². The van der Waals surface area contributed by atoms with E-state index in [1.54, 1.807) is 0 Å². The van der Waals surface area contributed by atoms with Crippen molar-refractivity contribution in [2.24, 2.45) is 5.92 Å². The number of hydrogen-bond donors (Lipinski definition) is 1. The maximum Gasteiger partial charge on any atom is 0.227 e. The van der Waals surface area contributed by atoms with Crippen molar-refractivity contribution in [3.8, 4) is 5.88 Å². The smallest absolute Gasteiger partial charge is 0.227 e. The second-order valence-corrected chi connectivity index (χ2v) is 9.39. The SMILES string of the molecule is O=C(Nc1cnc2c(c1C1CCCCCCCC1)CCO2)C1CCCCCCC1. The first-order valence-corrected chi connectivity index (χ1v) is 12.3. The molecule has 1 N–H and O–H groups in total. The highest BCUT2D eigenvalue weighted by Gasteiger charge is 2.28. The molecule has 29 heavy (non-hydrogen) atoms. The number of nitrogens with zero attached hydrogens (tertiary/aromatic N) is 1. The van der Waals surface area contributed by atoms with E-state index in [0.717, 1.165) is 37.4 Å². The van der Waals surface area contributed by atoms with Crippen molar-refractivity contribution in [1.82, 2.24) is 4.98 Å². The molecular formula is C25H38N2O2. The van der Waals surface area contributed by atoms with Gasteiger partial charge in [0.05, 0.1) is 18.5 Å². The van der Waals surface area contributed by atoms with Gasteiger partial charge in [-0.3, -0.25) is 4.79 Å². The Morgan fingerprint density at radius 1 is 0.862 bits per heavy atom. The van der Waals surface area contributed by atoms with Crippen LogP contribution < -0.4 is 10.1 Å². The van der Waals surface area contributed by atoms with E-state index in [4.69, 9.17) is 4.74 Å². The van der Waals surface area contributed by atoms with Crippen LogP contribution in [0.25, 0.3) is 0 Å². The Morgan fingerprint density at radius 2 is 1.45 bits per heavy atom. The minimum absolute atomic E-state index is 0.160. The van der Waals surface area contributed by atoms with Gasteiger partial charge in [-0.1, -0.05) is 70.6 Å². The second kappa shape index (κ2) is 10.4. The fourth-order valence-corrected chi connectivity index (χ4v) is 5.60. The van der Waals surface area contributed by atoms with Crippen LogP contribution in [0.1, 0.15) is 113 Å². The zero-order valence-electron chi connectivity index (χ0n) is 18.0. The average molecular weight is 399 g/mol. The molecule has 1 amide bonds. The number of nitrogens with one attached hydrogen (secondary N) is 1. The number of rotatable bonds is 3. The fourth-order valence-electron chi connectivity index (χ4n) is 5.60. The van der Waals surface area contributed by atoms with Crippen LogP contribution in [0.3, 0.4) is 0 Å². The Bertz CT molecular complexity index is 670. The molecule has 0 spiro atoms. The minimum Gasteiger partial charge on any atom is -0.477 e. The fraction of sp³-hybridized carbons (Fsp3) is 0.760. The van der Waals surface area contributed by atoms with E-state index >= 15 is 0 Å². The number of anilines is 1. The van der Waals surface area contributed by atoms with Gasteiger partial charge in [0.15, 0.2) is 0 Å². The van der Waals surface area contributed by atoms with Crippen LogP contribution in [-0.4, -0.2) is 17.5 Å². The largest absolute Gasteiger partial charge is 0.477 e. The number of aromatic nitrogens is 1. The van der Waals surface area contributed by atoms with Crippen LogP contribution in [-0.2, 0) is 11.2 Å². The number of pyridine rings is 1. The van der Waals surface area contributed by atoms with Gasteiger partial charge in [0, 0.05) is 17.9 Å². The van der Waals surface area contributed by atoms with Crippen molar-refractivity contribution in [1.29, 1.82) is 0 Å². The Morgan fingerprint density at radius 3 is 2.10 bits per heavy atom. The van der Waals surface area contributed by atoms with Gasteiger partial charge >= 0.3 is 0 Å². The van der Waals surface area contributed by atoms with E-state index in [0.29, 0.717) is 5.92 Å². The molecule has 1 aromatic rings. The normalized spacial score (nSPS) is 22.3. The number of ether oxygens (including phenoxy) is 1. The van der Waals surface area contributed by atoms with Gasteiger partial charge < -0.3 is 10.1 Å². The van der Waals surface area contributed by atoms with Crippen molar-refractivity contribution in [2.45, 2.75) is 109 Å². The van der Waals surface area contributed by atoms with E-state index in [2.05, 4.69) is 10.3 Å². The molecule has 1 aromatic heterocycles. The summed E-state index contributed by atoms with van der Waals surface area (Å²) in [6, 6.07) is 0. The quantitative estimate of drug-likeness (QED) is 0.629. The summed E-state index contributed by atoms with van der Waals surface area (Å²) in [4.78, 5) is 17.7. The molecule has 4 rings (SSSR count). The van der Waals surface area contributed by atoms with Crippen molar-refractivity contribution in [3.05, 3.63) is 17.3 Å². The second-order valence-electron chi connectivity index (χ2n) is 9.39. The third-order valence-corrected chi connectivity index (χ3v) is 7.27. The van der Waals surface area contributed by atoms with Crippen LogP contribution in [0, 0.1) is 5.92 Å². The summed E-state index contributed by atoms with van der Waals surface area (Å²) >= 11 is 0. The van der Waals surface area contributed by atoms with Crippen molar-refractivity contribution in [3.63, 3.8) is 0 Å². The van der Waals surface area contributed by atoms with Crippen LogP contribution in [0.5, 0.6) is 5.88 Å². The lowest BCUT2D eigenvalue weighted by Gasteiger charge is -2.24. The molecule has 2 fully saturated rings. The van der Waals surface area contributed by atoms with Crippen molar-refractivity contribution >= 4 is 11.6 Å². The zero-order chi connectivity index (χ0) is 19.9. The third kappa shape index (κ3) is 5.32. The lowest BCUT2D eigenvalue weighted by atomic mass is 9.85. The van der Waals surface area contributed by atoms with Crippen LogP contribution in [0.4, 0.5) is 5.69 Å². The first kappa shape index (κ1) is 20.7. The van der Waals surface area contributed by atoms with E-state index in [9.17, 15) is 4.79 Å². The summed E-state index contributed by atoms with van der Waals surface area (Å²) in [6.07, 6.45) is 21.6. The number of carbonyl (C=O) groups excluding carboxylic acids is 1. The monoisotopic (exact) mass is 398 g/mol. The van der Waals surface area contributed by atoms with Gasteiger partial charge in [0.25, 0.3) is 0 Å². The van der Waals surface area contributed by atoms with Gasteiger partial charge in [-0.15, -0.1) is 0 Å². The van der Waals surface area contributed by atoms with Crippen LogP contribution in [0.15, 0.2) is 6.20 Å². The molecule has 3 aliphatic rings. The van der Waals surface area contributed by atoms with Crippen LogP contribution in [0.2, 0.25) is 0 Å². The first-order valence-electron chi connectivity index (χ1n) is 12.3. The molecule has 2 aliphatic carbocycles. The lowest BCUT2D eigenvalue weighted by molar-refractivity contribution is -0.120. The van der Waals surface area contributed by atoms with Gasteiger partial charge in [0.1, 0.15) is 0 Å². The number of fused-ring (bicyclic) bond motifs is 1. The van der Waals surface area contributed by atoms with E-state index in [1.807, 2.05) is 6.20 Å². The molecule has 160 valence electrons. The standard InChI is InChI=1S/C25H38N2O2/c28-24(20-14-10-6-3-7-11-15-20)27-22-18-26-25-21(16-17-29-25)23(22)19-12-8-4-1-2-5-9-13-19/h18-20H,1-17H2,(H,27,28). The molecule has 4 heteroatoms. The Kier molecular flexibility index (Phi) is 7.45. The Hall–Kier alpha value is -1.58. The predicted molar refractivity (Wildman–Crippen MR) is 118 cm³/mol. The molecule has 2 saturated carbocycles. The van der Waals surface area contributed by atoms with Crippen molar-refractivity contribution < 1.29 is 9.53 Å². The minimum atomic E-state index is 0.160. The maximum absolute atomic E-state index is 13.2. The number of carbonyl (C=O) groups is 1. The number of hydrogen-bond acceptors (Lipinski definition) is 3. The summed E-state index contributed by atoms with van der Waals surface area (Å²) < 4.78 is 5.79. The summed E-state index contributed by atoms with van der Waals surface area (Å²) in [7, 11) is 0. The molecule has 0 saturated heterocycles. The first-order chi connectivity index (χ1) is 14.3. The van der Waals surface area contributed by atoms with Crippen LogP contribution >= 0.6 is 0 Å². The summed E-state index contributed by atoms with van der Waals surface area (Å²) in [6.45, 7) is 0.724. The van der Waals surface area contributed by atoms with E-state index < -0.39 is 0 Å². The molecule has 2 heterocycles. The van der Waals surface area contributed by atoms with Gasteiger partial charge in [-0.25, -0.2) is 4.98 Å². The number of amides is 1. The maximum atomic E-state index is 13.2. The zero-order valence-corrected chi connectivity index (χ0v) is 18.0. The highest BCUT2D eigenvalue weighted by Crippen LogP contribution is 2.41. The van der Waals surface area contributed by atoms with Gasteiger partial charge in [0.2, 0.25) is 11.8 Å². The summed E-state index contributed by atoms with van der Waals surface area (Å²) in [5.74, 6) is 1.72. The molecule has 4 nitrogen and oxygen atoms in total. The van der Waals surface area contributed by atoms with Gasteiger partial charge in [-0.05, 0) is 37.2 Å². The predicted octanol–water partition coefficient (Wildman–Crippen LogP) is 6.53. The molecule has 0 radical (unpaired) electrons. The molecule has 0 aromatic carbocycles. The molecular weight excluding hydrogens is 360 g/mol. The van der Waals surface area contributed by atoms with Crippen molar-refractivity contribution in [2.75, 3.05) is 11.9 Å².